The van der Waals surface area contributed by atoms with Crippen molar-refractivity contribution in [3.8, 4) is 11.1 Å². The summed E-state index contributed by atoms with van der Waals surface area (Å²) >= 11 is 0. The standard InChI is InChI=1S/C23H23FN2O4/c1-14(2)29-23(28)26-9-7-15(8-10-26)22-25-20-12-17(5-6-21(20)30-22)16-3-4-18(13-27)19(24)11-16/h3-6,11-15H,7-10H2,1-2H3. The number of likely N-dealkylation sites (tertiary alicyclic amines) is 1. The number of hydrogen-bond acceptors (Lipinski definition) is 5. The highest BCUT2D eigenvalue weighted by molar-refractivity contribution is 5.82. The molecule has 156 valence electrons. The molecule has 1 aliphatic heterocycles. The van der Waals surface area contributed by atoms with Crippen LogP contribution in [0.25, 0.3) is 22.2 Å². The van der Waals surface area contributed by atoms with Gasteiger partial charge in [0, 0.05) is 19.0 Å². The molecule has 1 amide bonds. The number of aromatic nitrogens is 1. The van der Waals surface area contributed by atoms with Crippen molar-refractivity contribution in [1.82, 2.24) is 9.88 Å². The van der Waals surface area contributed by atoms with Crippen molar-refractivity contribution in [1.29, 1.82) is 0 Å². The second-order valence-electron chi connectivity index (χ2n) is 7.78. The summed E-state index contributed by atoms with van der Waals surface area (Å²) in [7, 11) is 0. The first kappa shape index (κ1) is 20.1. The molecule has 2 heterocycles. The van der Waals surface area contributed by atoms with E-state index in [2.05, 4.69) is 4.98 Å². The van der Waals surface area contributed by atoms with Gasteiger partial charge >= 0.3 is 6.09 Å². The number of fused-ring (bicyclic) bond motifs is 1. The van der Waals surface area contributed by atoms with Crippen LogP contribution in [0.1, 0.15) is 48.9 Å². The number of amides is 1. The van der Waals surface area contributed by atoms with E-state index in [0.717, 1.165) is 18.4 Å². The van der Waals surface area contributed by atoms with Crippen molar-refractivity contribution in [3.63, 3.8) is 0 Å². The van der Waals surface area contributed by atoms with Gasteiger partial charge in [-0.05, 0) is 62.1 Å². The molecule has 0 unspecified atom stereocenters. The van der Waals surface area contributed by atoms with Crippen LogP contribution < -0.4 is 0 Å². The molecule has 1 fully saturated rings. The molecule has 4 rings (SSSR count). The van der Waals surface area contributed by atoms with Crippen LogP contribution in [0.5, 0.6) is 0 Å². The van der Waals surface area contributed by atoms with Gasteiger partial charge in [-0.1, -0.05) is 12.1 Å². The van der Waals surface area contributed by atoms with Gasteiger partial charge in [0.1, 0.15) is 11.3 Å². The van der Waals surface area contributed by atoms with E-state index in [1.165, 1.54) is 12.1 Å². The van der Waals surface area contributed by atoms with Gasteiger partial charge in [-0.25, -0.2) is 14.2 Å². The predicted octanol–water partition coefficient (Wildman–Crippen LogP) is 5.17. The fourth-order valence-electron chi connectivity index (χ4n) is 3.69. The summed E-state index contributed by atoms with van der Waals surface area (Å²) in [6.07, 6.45) is 1.60. The average Bonchev–Trinajstić information content (AvgIpc) is 3.16. The molecule has 6 nitrogen and oxygen atoms in total. The summed E-state index contributed by atoms with van der Waals surface area (Å²) in [6, 6.07) is 10.0. The van der Waals surface area contributed by atoms with E-state index in [0.29, 0.717) is 41.9 Å². The number of rotatable bonds is 4. The molecule has 0 aliphatic carbocycles. The Morgan fingerprint density at radius 3 is 2.57 bits per heavy atom. The SMILES string of the molecule is CC(C)OC(=O)N1CCC(c2nc3cc(-c4ccc(C=O)c(F)c4)ccc3o2)CC1. The highest BCUT2D eigenvalue weighted by atomic mass is 19.1. The third-order valence-corrected chi connectivity index (χ3v) is 5.30. The van der Waals surface area contributed by atoms with Crippen molar-refractivity contribution in [2.24, 2.45) is 0 Å². The van der Waals surface area contributed by atoms with Crippen molar-refractivity contribution in [2.45, 2.75) is 38.7 Å². The maximum Gasteiger partial charge on any atom is 0.410 e. The first-order valence-corrected chi connectivity index (χ1v) is 10.1. The summed E-state index contributed by atoms with van der Waals surface area (Å²) in [4.78, 5) is 29.2. The van der Waals surface area contributed by atoms with Crippen LogP contribution in [-0.4, -0.2) is 41.5 Å². The first-order chi connectivity index (χ1) is 14.4. The molecule has 0 atom stereocenters. The van der Waals surface area contributed by atoms with Gasteiger partial charge < -0.3 is 14.1 Å². The molecule has 3 aromatic rings. The van der Waals surface area contributed by atoms with Gasteiger partial charge in [-0.15, -0.1) is 0 Å². The molecular formula is C23H23FN2O4. The zero-order chi connectivity index (χ0) is 21.3. The van der Waals surface area contributed by atoms with Gasteiger partial charge in [0.05, 0.1) is 11.7 Å². The summed E-state index contributed by atoms with van der Waals surface area (Å²) in [5, 5.41) is 0. The summed E-state index contributed by atoms with van der Waals surface area (Å²) in [6.45, 7) is 4.87. The lowest BCUT2D eigenvalue weighted by molar-refractivity contribution is 0.0681. The number of halogens is 1. The maximum atomic E-state index is 14.0. The number of nitrogens with zero attached hydrogens (tertiary/aromatic N) is 2. The van der Waals surface area contributed by atoms with E-state index < -0.39 is 5.82 Å². The Morgan fingerprint density at radius 1 is 1.20 bits per heavy atom. The fourth-order valence-corrected chi connectivity index (χ4v) is 3.69. The topological polar surface area (TPSA) is 72.6 Å². The highest BCUT2D eigenvalue weighted by Crippen LogP contribution is 2.32. The zero-order valence-electron chi connectivity index (χ0n) is 16.9. The van der Waals surface area contributed by atoms with E-state index >= 15 is 0 Å². The van der Waals surface area contributed by atoms with Gasteiger partial charge in [-0.2, -0.15) is 0 Å². The monoisotopic (exact) mass is 410 g/mol. The van der Waals surface area contributed by atoms with E-state index in [9.17, 15) is 14.0 Å². The average molecular weight is 410 g/mol. The van der Waals surface area contributed by atoms with Crippen LogP contribution in [-0.2, 0) is 4.74 Å². The minimum Gasteiger partial charge on any atom is -0.447 e. The van der Waals surface area contributed by atoms with Gasteiger partial charge in [0.25, 0.3) is 0 Å². The Bertz CT molecular complexity index is 1080. The summed E-state index contributed by atoms with van der Waals surface area (Å²) in [5.41, 5.74) is 2.86. The quantitative estimate of drug-likeness (QED) is 0.555. The van der Waals surface area contributed by atoms with Crippen LogP contribution in [0.4, 0.5) is 9.18 Å². The Balaban J connectivity index is 1.50. The van der Waals surface area contributed by atoms with E-state index in [-0.39, 0.29) is 23.7 Å². The third kappa shape index (κ3) is 4.06. The van der Waals surface area contributed by atoms with Crippen molar-refractivity contribution in [3.05, 3.63) is 53.7 Å². The van der Waals surface area contributed by atoms with E-state index in [4.69, 9.17) is 9.15 Å². The molecule has 7 heteroatoms. The minimum absolute atomic E-state index is 0.0344. The number of oxazole rings is 1. The molecule has 1 saturated heterocycles. The molecule has 30 heavy (non-hydrogen) atoms. The number of aldehydes is 1. The molecule has 0 spiro atoms. The van der Waals surface area contributed by atoms with E-state index in [1.54, 1.807) is 11.0 Å². The Morgan fingerprint density at radius 2 is 1.90 bits per heavy atom. The van der Waals surface area contributed by atoms with Crippen LogP contribution in [0.2, 0.25) is 0 Å². The Kier molecular flexibility index (Phi) is 5.53. The van der Waals surface area contributed by atoms with Gasteiger partial charge in [0.2, 0.25) is 0 Å². The number of carbonyl (C=O) groups is 2. The molecular weight excluding hydrogens is 387 g/mol. The number of benzene rings is 2. The van der Waals surface area contributed by atoms with Gasteiger partial charge in [-0.3, -0.25) is 4.79 Å². The second-order valence-corrected chi connectivity index (χ2v) is 7.78. The lowest BCUT2D eigenvalue weighted by atomic mass is 9.97. The molecule has 0 bridgehead atoms. The lowest BCUT2D eigenvalue weighted by Gasteiger charge is -2.30. The van der Waals surface area contributed by atoms with E-state index in [1.807, 2.05) is 32.0 Å². The normalized spacial score (nSPS) is 15.0. The third-order valence-electron chi connectivity index (χ3n) is 5.30. The number of ether oxygens (including phenoxy) is 1. The zero-order valence-corrected chi connectivity index (χ0v) is 16.9. The molecule has 2 aromatic carbocycles. The molecule has 0 N–H and O–H groups in total. The predicted molar refractivity (Wildman–Crippen MR) is 110 cm³/mol. The van der Waals surface area contributed by atoms with Crippen molar-refractivity contribution in [2.75, 3.05) is 13.1 Å². The fraction of sp³-hybridized carbons (Fsp3) is 0.348. The van der Waals surface area contributed by atoms with Crippen LogP contribution in [0.15, 0.2) is 40.8 Å². The molecule has 0 saturated carbocycles. The molecule has 1 aliphatic rings. The number of carbonyl (C=O) groups excluding carboxylic acids is 2. The van der Waals surface area contributed by atoms with Crippen LogP contribution in [0, 0.1) is 5.82 Å². The largest absolute Gasteiger partial charge is 0.447 e. The smallest absolute Gasteiger partial charge is 0.410 e. The number of piperidine rings is 1. The summed E-state index contributed by atoms with van der Waals surface area (Å²) < 4.78 is 25.2. The van der Waals surface area contributed by atoms with Crippen molar-refractivity contribution < 1.29 is 23.1 Å². The Labute approximate surface area is 173 Å². The second kappa shape index (κ2) is 8.26. The summed E-state index contributed by atoms with van der Waals surface area (Å²) in [5.74, 6) is 0.237. The van der Waals surface area contributed by atoms with Crippen molar-refractivity contribution >= 4 is 23.5 Å². The maximum absolute atomic E-state index is 14.0. The van der Waals surface area contributed by atoms with Gasteiger partial charge in [0.15, 0.2) is 17.8 Å². The lowest BCUT2D eigenvalue weighted by Crippen LogP contribution is -2.39. The van der Waals surface area contributed by atoms with Crippen LogP contribution in [0.3, 0.4) is 0 Å². The highest BCUT2D eigenvalue weighted by Gasteiger charge is 2.28. The Hall–Kier alpha value is -3.22. The van der Waals surface area contributed by atoms with Crippen LogP contribution >= 0.6 is 0 Å². The molecule has 0 radical (unpaired) electrons. The minimum atomic E-state index is -0.550. The molecule has 1 aromatic heterocycles. The number of hydrogen-bond donors (Lipinski definition) is 0. The first-order valence-electron chi connectivity index (χ1n) is 10.1.